The summed E-state index contributed by atoms with van der Waals surface area (Å²) in [6, 6.07) is 2.63. The second-order valence-electron chi connectivity index (χ2n) is 4.66. The van der Waals surface area contributed by atoms with Crippen LogP contribution in [-0.4, -0.2) is 29.0 Å². The summed E-state index contributed by atoms with van der Waals surface area (Å²) < 4.78 is 0. The van der Waals surface area contributed by atoms with Crippen LogP contribution in [0.2, 0.25) is 5.02 Å². The van der Waals surface area contributed by atoms with Crippen molar-refractivity contribution in [3.8, 4) is 0 Å². The highest BCUT2D eigenvalue weighted by atomic mass is 35.5. The second kappa shape index (κ2) is 6.34. The molecule has 2 N–H and O–H groups in total. The molecule has 1 unspecified atom stereocenters. The lowest BCUT2D eigenvalue weighted by atomic mass is 9.98. The predicted octanol–water partition coefficient (Wildman–Crippen LogP) is 2.44. The smallest absolute Gasteiger partial charge is 0.0634 e. The van der Waals surface area contributed by atoms with E-state index < -0.39 is 0 Å². The zero-order valence-corrected chi connectivity index (χ0v) is 10.9. The number of hydrogen-bond acceptors (Lipinski definition) is 3. The van der Waals surface area contributed by atoms with Gasteiger partial charge in [0, 0.05) is 25.0 Å². The molecule has 1 aliphatic heterocycles. The molecule has 0 aliphatic carbocycles. The van der Waals surface area contributed by atoms with Crippen molar-refractivity contribution in [3.05, 3.63) is 29.0 Å². The Bertz CT molecular complexity index is 354. The number of aromatic nitrogens is 1. The summed E-state index contributed by atoms with van der Waals surface area (Å²) >= 11 is 6.15. The maximum Gasteiger partial charge on any atom is 0.0634 e. The first-order valence-electron chi connectivity index (χ1n) is 6.34. The minimum absolute atomic E-state index is 0.623. The lowest BCUT2D eigenvalue weighted by Crippen LogP contribution is -2.40. The van der Waals surface area contributed by atoms with Crippen LogP contribution in [-0.2, 0) is 6.54 Å². The van der Waals surface area contributed by atoms with Gasteiger partial charge in [0.1, 0.15) is 0 Å². The van der Waals surface area contributed by atoms with E-state index in [-0.39, 0.29) is 0 Å². The lowest BCUT2D eigenvalue weighted by molar-refractivity contribution is 0.134. The van der Waals surface area contributed by atoms with Crippen molar-refractivity contribution in [2.24, 2.45) is 5.73 Å². The monoisotopic (exact) mass is 253 g/mol. The van der Waals surface area contributed by atoms with Gasteiger partial charge in [0.25, 0.3) is 0 Å². The average molecular weight is 254 g/mol. The van der Waals surface area contributed by atoms with Gasteiger partial charge < -0.3 is 5.73 Å². The topological polar surface area (TPSA) is 42.1 Å². The Morgan fingerprint density at radius 1 is 1.47 bits per heavy atom. The van der Waals surface area contributed by atoms with Crippen LogP contribution >= 0.6 is 11.6 Å². The molecule has 2 rings (SSSR count). The van der Waals surface area contributed by atoms with Crippen LogP contribution < -0.4 is 5.73 Å². The summed E-state index contributed by atoms with van der Waals surface area (Å²) in [4.78, 5) is 6.53. The summed E-state index contributed by atoms with van der Waals surface area (Å²) in [5.41, 5.74) is 6.85. The van der Waals surface area contributed by atoms with E-state index in [0.29, 0.717) is 6.04 Å². The molecule has 1 saturated heterocycles. The fraction of sp³-hybridized carbons (Fsp3) is 0.615. The Morgan fingerprint density at radius 2 is 2.35 bits per heavy atom. The van der Waals surface area contributed by atoms with E-state index in [1.54, 1.807) is 6.20 Å². The van der Waals surface area contributed by atoms with Gasteiger partial charge in [-0.2, -0.15) is 0 Å². The predicted molar refractivity (Wildman–Crippen MR) is 71.0 cm³/mol. The molecule has 0 bridgehead atoms. The Morgan fingerprint density at radius 3 is 3.12 bits per heavy atom. The van der Waals surface area contributed by atoms with Crippen molar-refractivity contribution in [1.82, 2.24) is 9.88 Å². The maximum atomic E-state index is 6.15. The van der Waals surface area contributed by atoms with Crippen LogP contribution in [0.4, 0.5) is 0 Å². The van der Waals surface area contributed by atoms with E-state index in [2.05, 4.69) is 9.88 Å². The molecule has 1 aliphatic rings. The molecular weight excluding hydrogens is 234 g/mol. The number of pyridine rings is 1. The van der Waals surface area contributed by atoms with Crippen molar-refractivity contribution >= 4 is 11.6 Å². The first kappa shape index (κ1) is 12.8. The van der Waals surface area contributed by atoms with E-state index >= 15 is 0 Å². The highest BCUT2D eigenvalue weighted by Gasteiger charge is 2.22. The van der Waals surface area contributed by atoms with Crippen LogP contribution in [0.1, 0.15) is 31.2 Å². The number of halogens is 1. The first-order valence-corrected chi connectivity index (χ1v) is 6.71. The SMILES string of the molecule is NCCC1CCCCN1Cc1ccncc1Cl. The van der Waals surface area contributed by atoms with E-state index in [0.717, 1.165) is 31.1 Å². The third kappa shape index (κ3) is 3.41. The Kier molecular flexibility index (Phi) is 4.77. The van der Waals surface area contributed by atoms with Crippen LogP contribution in [0.5, 0.6) is 0 Å². The van der Waals surface area contributed by atoms with Crippen LogP contribution in [0.15, 0.2) is 18.5 Å². The molecule has 1 aromatic heterocycles. The third-order valence-electron chi connectivity index (χ3n) is 3.48. The van der Waals surface area contributed by atoms with Gasteiger partial charge in [-0.15, -0.1) is 0 Å². The summed E-state index contributed by atoms with van der Waals surface area (Å²) in [7, 11) is 0. The van der Waals surface area contributed by atoms with Gasteiger partial charge >= 0.3 is 0 Å². The van der Waals surface area contributed by atoms with Gasteiger partial charge in [0.05, 0.1) is 5.02 Å². The molecule has 4 heteroatoms. The normalized spacial score (nSPS) is 21.6. The molecule has 3 nitrogen and oxygen atoms in total. The number of nitrogens with zero attached hydrogens (tertiary/aromatic N) is 2. The van der Waals surface area contributed by atoms with E-state index in [9.17, 15) is 0 Å². The zero-order valence-electron chi connectivity index (χ0n) is 10.1. The second-order valence-corrected chi connectivity index (χ2v) is 5.07. The fourth-order valence-electron chi connectivity index (χ4n) is 2.54. The molecule has 17 heavy (non-hydrogen) atoms. The summed E-state index contributed by atoms with van der Waals surface area (Å²) in [6.07, 6.45) is 8.49. The molecule has 0 radical (unpaired) electrons. The number of piperidine rings is 1. The van der Waals surface area contributed by atoms with Gasteiger partial charge in [0.2, 0.25) is 0 Å². The van der Waals surface area contributed by atoms with E-state index in [1.807, 2.05) is 12.3 Å². The molecule has 0 spiro atoms. The minimum Gasteiger partial charge on any atom is -0.330 e. The standard InChI is InChI=1S/C13H20ClN3/c14-13-9-16-7-5-11(13)10-17-8-2-1-3-12(17)4-6-15/h5,7,9,12H,1-4,6,8,10,15H2. The molecule has 2 heterocycles. The molecule has 1 aromatic rings. The van der Waals surface area contributed by atoms with Crippen molar-refractivity contribution in [3.63, 3.8) is 0 Å². The summed E-state index contributed by atoms with van der Waals surface area (Å²) in [5.74, 6) is 0. The molecule has 94 valence electrons. The molecule has 0 amide bonds. The van der Waals surface area contributed by atoms with E-state index in [4.69, 9.17) is 17.3 Å². The largest absolute Gasteiger partial charge is 0.330 e. The van der Waals surface area contributed by atoms with Crippen LogP contribution in [0, 0.1) is 0 Å². The van der Waals surface area contributed by atoms with Gasteiger partial charge in [-0.1, -0.05) is 18.0 Å². The highest BCUT2D eigenvalue weighted by Crippen LogP contribution is 2.23. The average Bonchev–Trinajstić information content (AvgIpc) is 2.35. The molecule has 1 atom stereocenters. The van der Waals surface area contributed by atoms with Crippen molar-refractivity contribution < 1.29 is 0 Å². The Labute approximate surface area is 108 Å². The van der Waals surface area contributed by atoms with Crippen molar-refractivity contribution in [2.45, 2.75) is 38.3 Å². The quantitative estimate of drug-likeness (QED) is 0.896. The highest BCUT2D eigenvalue weighted by molar-refractivity contribution is 6.31. The Hall–Kier alpha value is -0.640. The van der Waals surface area contributed by atoms with Gasteiger partial charge in [-0.25, -0.2) is 0 Å². The summed E-state index contributed by atoms with van der Waals surface area (Å²) in [5, 5.41) is 0.768. The number of likely N-dealkylation sites (tertiary alicyclic amines) is 1. The molecule has 0 aromatic carbocycles. The van der Waals surface area contributed by atoms with Crippen LogP contribution in [0.25, 0.3) is 0 Å². The fourth-order valence-corrected chi connectivity index (χ4v) is 2.72. The lowest BCUT2D eigenvalue weighted by Gasteiger charge is -2.35. The third-order valence-corrected chi connectivity index (χ3v) is 3.82. The van der Waals surface area contributed by atoms with E-state index in [1.165, 1.54) is 24.8 Å². The number of hydrogen-bond donors (Lipinski definition) is 1. The molecule has 0 saturated carbocycles. The first-order chi connectivity index (χ1) is 8.31. The number of rotatable bonds is 4. The van der Waals surface area contributed by atoms with Crippen molar-refractivity contribution in [1.29, 1.82) is 0 Å². The maximum absolute atomic E-state index is 6.15. The molecular formula is C13H20ClN3. The summed E-state index contributed by atoms with van der Waals surface area (Å²) in [6.45, 7) is 2.85. The van der Waals surface area contributed by atoms with Gasteiger partial charge in [-0.3, -0.25) is 9.88 Å². The van der Waals surface area contributed by atoms with Gasteiger partial charge in [-0.05, 0) is 44.0 Å². The Balaban J connectivity index is 2.03. The van der Waals surface area contributed by atoms with Crippen molar-refractivity contribution in [2.75, 3.05) is 13.1 Å². The van der Waals surface area contributed by atoms with Crippen LogP contribution in [0.3, 0.4) is 0 Å². The minimum atomic E-state index is 0.623. The van der Waals surface area contributed by atoms with Gasteiger partial charge in [0.15, 0.2) is 0 Å². The number of nitrogens with two attached hydrogens (primary N) is 1. The molecule has 1 fully saturated rings. The zero-order chi connectivity index (χ0) is 12.1.